The highest BCUT2D eigenvalue weighted by molar-refractivity contribution is 9.10. The van der Waals surface area contributed by atoms with Gasteiger partial charge in [0.15, 0.2) is 0 Å². The first kappa shape index (κ1) is 11.6. The van der Waals surface area contributed by atoms with Crippen LogP contribution in [0.4, 0.5) is 5.82 Å². The summed E-state index contributed by atoms with van der Waals surface area (Å²) in [5, 5.41) is 0. The number of hydrogen-bond donors (Lipinski definition) is 1. The third-order valence-electron chi connectivity index (χ3n) is 3.41. The van der Waals surface area contributed by atoms with Crippen molar-refractivity contribution in [2.75, 3.05) is 18.0 Å². The van der Waals surface area contributed by atoms with Crippen molar-refractivity contribution in [1.29, 1.82) is 0 Å². The maximum atomic E-state index is 11.5. The Morgan fingerprint density at radius 2 is 2.25 bits per heavy atom. The Morgan fingerprint density at radius 1 is 1.50 bits per heavy atom. The standard InChI is InChI=1S/C11H16BrN3O/c1-7-3-4-15(5-8(7)2)10-9(12)11(16)14-6-13-10/h6-8H,3-5H2,1-2H3,(H,13,14,16). The summed E-state index contributed by atoms with van der Waals surface area (Å²) in [4.78, 5) is 20.4. The predicted molar refractivity (Wildman–Crippen MR) is 67.7 cm³/mol. The minimum absolute atomic E-state index is 0.115. The number of H-pyrrole nitrogens is 1. The minimum atomic E-state index is -0.115. The van der Waals surface area contributed by atoms with Crippen molar-refractivity contribution in [2.45, 2.75) is 20.3 Å². The fourth-order valence-corrected chi connectivity index (χ4v) is 2.52. The first-order valence-electron chi connectivity index (χ1n) is 5.57. The summed E-state index contributed by atoms with van der Waals surface area (Å²) >= 11 is 3.30. The summed E-state index contributed by atoms with van der Waals surface area (Å²) in [7, 11) is 0. The van der Waals surface area contributed by atoms with Crippen LogP contribution in [0.3, 0.4) is 0 Å². The third-order valence-corrected chi connectivity index (χ3v) is 4.13. The van der Waals surface area contributed by atoms with E-state index in [4.69, 9.17) is 0 Å². The van der Waals surface area contributed by atoms with Crippen molar-refractivity contribution in [3.05, 3.63) is 21.2 Å². The zero-order valence-electron chi connectivity index (χ0n) is 9.53. The van der Waals surface area contributed by atoms with Crippen molar-refractivity contribution in [3.63, 3.8) is 0 Å². The number of hydrogen-bond acceptors (Lipinski definition) is 3. The Morgan fingerprint density at radius 3 is 2.94 bits per heavy atom. The van der Waals surface area contributed by atoms with Gasteiger partial charge >= 0.3 is 0 Å². The second-order valence-corrected chi connectivity index (χ2v) is 5.35. The van der Waals surface area contributed by atoms with Gasteiger partial charge in [0.05, 0.1) is 6.33 Å². The molecule has 16 heavy (non-hydrogen) atoms. The molecule has 1 aromatic heterocycles. The van der Waals surface area contributed by atoms with Crippen molar-refractivity contribution < 1.29 is 0 Å². The molecule has 0 aromatic carbocycles. The molecule has 1 saturated heterocycles. The number of aromatic amines is 1. The molecule has 1 N–H and O–H groups in total. The molecule has 0 aliphatic carbocycles. The molecule has 0 amide bonds. The van der Waals surface area contributed by atoms with E-state index in [9.17, 15) is 4.79 Å². The monoisotopic (exact) mass is 285 g/mol. The quantitative estimate of drug-likeness (QED) is 0.859. The molecule has 88 valence electrons. The number of halogens is 1. The fourth-order valence-electron chi connectivity index (χ4n) is 2.05. The summed E-state index contributed by atoms with van der Waals surface area (Å²) in [6.45, 7) is 6.47. The topological polar surface area (TPSA) is 49.0 Å². The van der Waals surface area contributed by atoms with Crippen LogP contribution in [0.1, 0.15) is 20.3 Å². The Labute approximate surface area is 103 Å². The van der Waals surface area contributed by atoms with Gasteiger partial charge in [0.25, 0.3) is 5.56 Å². The lowest BCUT2D eigenvalue weighted by Crippen LogP contribution is -2.39. The molecule has 1 aromatic rings. The van der Waals surface area contributed by atoms with Crippen LogP contribution in [-0.4, -0.2) is 23.1 Å². The molecule has 5 heteroatoms. The fraction of sp³-hybridized carbons (Fsp3) is 0.636. The van der Waals surface area contributed by atoms with E-state index in [1.54, 1.807) is 0 Å². The van der Waals surface area contributed by atoms with Crippen LogP contribution in [0.25, 0.3) is 0 Å². The van der Waals surface area contributed by atoms with Crippen LogP contribution in [0.15, 0.2) is 15.6 Å². The van der Waals surface area contributed by atoms with Crippen molar-refractivity contribution in [2.24, 2.45) is 11.8 Å². The van der Waals surface area contributed by atoms with Crippen LogP contribution in [0, 0.1) is 11.8 Å². The van der Waals surface area contributed by atoms with Crippen LogP contribution in [-0.2, 0) is 0 Å². The third kappa shape index (κ3) is 2.14. The lowest BCUT2D eigenvalue weighted by molar-refractivity contribution is 0.322. The molecular weight excluding hydrogens is 270 g/mol. The van der Waals surface area contributed by atoms with E-state index in [1.807, 2.05) is 0 Å². The zero-order chi connectivity index (χ0) is 11.7. The second kappa shape index (κ2) is 4.57. The second-order valence-electron chi connectivity index (χ2n) is 4.56. The summed E-state index contributed by atoms with van der Waals surface area (Å²) in [6.07, 6.45) is 2.62. The summed E-state index contributed by atoms with van der Waals surface area (Å²) < 4.78 is 0.539. The van der Waals surface area contributed by atoms with E-state index in [2.05, 4.69) is 44.6 Å². The number of anilines is 1. The van der Waals surface area contributed by atoms with Gasteiger partial charge in [-0.15, -0.1) is 0 Å². The van der Waals surface area contributed by atoms with Gasteiger partial charge in [0.1, 0.15) is 10.3 Å². The summed E-state index contributed by atoms with van der Waals surface area (Å²) in [5.41, 5.74) is -0.115. The highest BCUT2D eigenvalue weighted by atomic mass is 79.9. The van der Waals surface area contributed by atoms with E-state index < -0.39 is 0 Å². The molecule has 0 radical (unpaired) electrons. The maximum absolute atomic E-state index is 11.5. The molecule has 1 aliphatic rings. The van der Waals surface area contributed by atoms with E-state index in [0.29, 0.717) is 10.4 Å². The normalized spacial score (nSPS) is 25.8. The minimum Gasteiger partial charge on any atom is -0.355 e. The van der Waals surface area contributed by atoms with Gasteiger partial charge < -0.3 is 9.88 Å². The van der Waals surface area contributed by atoms with Gasteiger partial charge in [-0.2, -0.15) is 0 Å². The molecule has 2 heterocycles. The van der Waals surface area contributed by atoms with E-state index in [0.717, 1.165) is 31.2 Å². The number of nitrogens with one attached hydrogen (secondary N) is 1. The predicted octanol–water partition coefficient (Wildman–Crippen LogP) is 2.01. The van der Waals surface area contributed by atoms with Gasteiger partial charge in [-0.3, -0.25) is 4.79 Å². The largest absolute Gasteiger partial charge is 0.355 e. The van der Waals surface area contributed by atoms with Crippen LogP contribution in [0.5, 0.6) is 0 Å². The van der Waals surface area contributed by atoms with Gasteiger partial charge in [0, 0.05) is 13.1 Å². The Kier molecular flexibility index (Phi) is 3.33. The van der Waals surface area contributed by atoms with Crippen molar-refractivity contribution in [3.8, 4) is 0 Å². The maximum Gasteiger partial charge on any atom is 0.267 e. The summed E-state index contributed by atoms with van der Waals surface area (Å²) in [6, 6.07) is 0. The highest BCUT2D eigenvalue weighted by Crippen LogP contribution is 2.28. The molecule has 1 aliphatic heterocycles. The average molecular weight is 286 g/mol. The molecule has 2 rings (SSSR count). The SMILES string of the molecule is CC1CCN(c2nc[nH]c(=O)c2Br)CC1C. The van der Waals surface area contributed by atoms with Gasteiger partial charge in [0.2, 0.25) is 0 Å². The van der Waals surface area contributed by atoms with Gasteiger partial charge in [-0.25, -0.2) is 4.98 Å². The highest BCUT2D eigenvalue weighted by Gasteiger charge is 2.25. The lowest BCUT2D eigenvalue weighted by Gasteiger charge is -2.36. The number of aromatic nitrogens is 2. The average Bonchev–Trinajstić information content (AvgIpc) is 2.26. The Hall–Kier alpha value is -0.840. The number of piperidine rings is 1. The first-order chi connectivity index (χ1) is 7.59. The number of nitrogens with zero attached hydrogens (tertiary/aromatic N) is 2. The molecule has 4 nitrogen and oxygen atoms in total. The van der Waals surface area contributed by atoms with E-state index in [-0.39, 0.29) is 5.56 Å². The molecular formula is C11H16BrN3O. The van der Waals surface area contributed by atoms with Crippen LogP contribution >= 0.6 is 15.9 Å². The van der Waals surface area contributed by atoms with Gasteiger partial charge in [-0.1, -0.05) is 13.8 Å². The Bertz CT molecular complexity index is 431. The lowest BCUT2D eigenvalue weighted by atomic mass is 9.89. The van der Waals surface area contributed by atoms with Crippen molar-refractivity contribution in [1.82, 2.24) is 9.97 Å². The molecule has 2 atom stereocenters. The zero-order valence-corrected chi connectivity index (χ0v) is 11.1. The van der Waals surface area contributed by atoms with E-state index in [1.165, 1.54) is 6.33 Å². The number of rotatable bonds is 1. The van der Waals surface area contributed by atoms with Crippen LogP contribution in [0.2, 0.25) is 0 Å². The molecule has 0 saturated carbocycles. The van der Waals surface area contributed by atoms with Crippen LogP contribution < -0.4 is 10.5 Å². The molecule has 0 bridgehead atoms. The molecule has 1 fully saturated rings. The molecule has 2 unspecified atom stereocenters. The first-order valence-corrected chi connectivity index (χ1v) is 6.37. The molecule has 0 spiro atoms. The van der Waals surface area contributed by atoms with Gasteiger partial charge in [-0.05, 0) is 34.2 Å². The summed E-state index contributed by atoms with van der Waals surface area (Å²) in [5.74, 6) is 2.15. The smallest absolute Gasteiger partial charge is 0.267 e. The van der Waals surface area contributed by atoms with E-state index >= 15 is 0 Å². The van der Waals surface area contributed by atoms with Crippen molar-refractivity contribution >= 4 is 21.7 Å². The Balaban J connectivity index is 2.25.